The minimum absolute atomic E-state index is 0.0118. The van der Waals surface area contributed by atoms with Crippen LogP contribution in [0.1, 0.15) is 56.5 Å². The van der Waals surface area contributed by atoms with Crippen LogP contribution < -0.4 is 5.32 Å². The smallest absolute Gasteiger partial charge is 0.325 e. The quantitative estimate of drug-likeness (QED) is 0.542. The van der Waals surface area contributed by atoms with E-state index < -0.39 is 5.54 Å². The van der Waals surface area contributed by atoms with E-state index in [2.05, 4.69) is 30.2 Å². The van der Waals surface area contributed by atoms with Gasteiger partial charge in [0.2, 0.25) is 5.91 Å². The summed E-state index contributed by atoms with van der Waals surface area (Å²) in [7, 11) is 0. The lowest BCUT2D eigenvalue weighted by atomic mass is 9.73. The number of nitrogens with zero attached hydrogens (tertiary/aromatic N) is 3. The summed E-state index contributed by atoms with van der Waals surface area (Å²) in [5, 5.41) is 5.14. The summed E-state index contributed by atoms with van der Waals surface area (Å²) in [5.74, 6) is 0.455. The van der Waals surface area contributed by atoms with Crippen molar-refractivity contribution < 1.29 is 14.4 Å². The number of likely N-dealkylation sites (tertiary alicyclic amines) is 1. The maximum Gasteiger partial charge on any atom is 0.325 e. The zero-order valence-electron chi connectivity index (χ0n) is 20.0. The third-order valence-corrected chi connectivity index (χ3v) is 8.01. The molecule has 34 heavy (non-hydrogen) atoms. The van der Waals surface area contributed by atoms with Crippen molar-refractivity contribution in [2.24, 2.45) is 11.8 Å². The highest BCUT2D eigenvalue weighted by atomic mass is 32.1. The fourth-order valence-corrected chi connectivity index (χ4v) is 5.78. The number of hydrogen-bond acceptors (Lipinski definition) is 5. The molecule has 2 fully saturated rings. The molecule has 1 unspecified atom stereocenters. The maximum absolute atomic E-state index is 13.7. The zero-order chi connectivity index (χ0) is 24.1. The molecule has 2 aromatic rings. The van der Waals surface area contributed by atoms with Crippen LogP contribution >= 0.6 is 11.3 Å². The highest BCUT2D eigenvalue weighted by Crippen LogP contribution is 2.38. The number of nitrogens with one attached hydrogen (secondary N) is 1. The minimum atomic E-state index is -0.901. The molecule has 1 N–H and O–H groups in total. The molecule has 4 amide bonds. The van der Waals surface area contributed by atoms with Crippen LogP contribution in [0, 0.1) is 11.8 Å². The van der Waals surface area contributed by atoms with E-state index in [1.807, 2.05) is 34.5 Å². The number of carbonyl (C=O) groups excluding carboxylic acids is 3. The molecule has 7 nitrogen and oxygen atoms in total. The number of pyridine rings is 1. The van der Waals surface area contributed by atoms with E-state index in [9.17, 15) is 14.4 Å². The predicted octanol–water partition coefficient (Wildman–Crippen LogP) is 4.24. The van der Waals surface area contributed by atoms with Gasteiger partial charge in [0.25, 0.3) is 5.91 Å². The topological polar surface area (TPSA) is 82.6 Å². The third-order valence-electron chi connectivity index (χ3n) is 7.07. The van der Waals surface area contributed by atoms with Gasteiger partial charge in [0, 0.05) is 30.6 Å². The van der Waals surface area contributed by atoms with Crippen LogP contribution in [0.25, 0.3) is 0 Å². The molecule has 4 rings (SSSR count). The third kappa shape index (κ3) is 5.32. The Labute approximate surface area is 205 Å². The summed E-state index contributed by atoms with van der Waals surface area (Å²) in [6.45, 7) is 5.70. The average Bonchev–Trinajstić information content (AvgIpc) is 3.45. The first kappa shape index (κ1) is 24.4. The van der Waals surface area contributed by atoms with E-state index >= 15 is 0 Å². The molecule has 0 saturated carbocycles. The molecule has 1 atom stereocenters. The molecule has 2 aliphatic rings. The summed E-state index contributed by atoms with van der Waals surface area (Å²) < 4.78 is 0. The van der Waals surface area contributed by atoms with Crippen LogP contribution in [0.4, 0.5) is 4.79 Å². The molecule has 2 saturated heterocycles. The van der Waals surface area contributed by atoms with Gasteiger partial charge in [-0.3, -0.25) is 19.5 Å². The summed E-state index contributed by atoms with van der Waals surface area (Å²) in [6, 6.07) is 9.24. The monoisotopic (exact) mass is 482 g/mol. The van der Waals surface area contributed by atoms with Crippen molar-refractivity contribution in [1.82, 2.24) is 20.1 Å². The molecular formula is C26H34N4O3S. The van der Waals surface area contributed by atoms with Crippen LogP contribution in [0.5, 0.6) is 0 Å². The summed E-state index contributed by atoms with van der Waals surface area (Å²) in [5.41, 5.74) is -0.209. The van der Waals surface area contributed by atoms with Gasteiger partial charge in [-0.05, 0) is 67.5 Å². The zero-order valence-corrected chi connectivity index (χ0v) is 20.9. The lowest BCUT2D eigenvalue weighted by Crippen LogP contribution is -2.56. The largest absolute Gasteiger partial charge is 0.343 e. The molecular weight excluding hydrogens is 448 g/mol. The Morgan fingerprint density at radius 1 is 1.21 bits per heavy atom. The molecule has 2 aliphatic heterocycles. The fourth-order valence-electron chi connectivity index (χ4n) is 5.07. The number of urea groups is 1. The summed E-state index contributed by atoms with van der Waals surface area (Å²) in [6.07, 6.45) is 5.85. The van der Waals surface area contributed by atoms with Crippen molar-refractivity contribution in [2.45, 2.75) is 64.5 Å². The predicted molar refractivity (Wildman–Crippen MR) is 132 cm³/mol. The van der Waals surface area contributed by atoms with E-state index in [1.165, 1.54) is 9.78 Å². The molecule has 2 aromatic heterocycles. The lowest BCUT2D eigenvalue weighted by Gasteiger charge is -2.41. The Hall–Kier alpha value is -2.74. The van der Waals surface area contributed by atoms with Crippen molar-refractivity contribution in [3.63, 3.8) is 0 Å². The van der Waals surface area contributed by atoms with Gasteiger partial charge >= 0.3 is 6.03 Å². The van der Waals surface area contributed by atoms with Crippen LogP contribution in [-0.4, -0.2) is 51.3 Å². The van der Waals surface area contributed by atoms with E-state index in [4.69, 9.17) is 0 Å². The number of hydrogen-bond donors (Lipinski definition) is 1. The first-order valence-electron chi connectivity index (χ1n) is 12.2. The number of aromatic nitrogens is 1. The number of piperidine rings is 1. The van der Waals surface area contributed by atoms with E-state index in [0.717, 1.165) is 12.8 Å². The van der Waals surface area contributed by atoms with Gasteiger partial charge in [0.05, 0.1) is 12.2 Å². The van der Waals surface area contributed by atoms with Gasteiger partial charge < -0.3 is 10.2 Å². The average molecular weight is 483 g/mol. The molecule has 0 radical (unpaired) electrons. The van der Waals surface area contributed by atoms with Gasteiger partial charge in [-0.1, -0.05) is 26.0 Å². The standard InChI is InChI=1S/C26H34N4O3S/c1-19(2)10-13-26(24(32)30(25(33)28-26)18-21-6-3-4-14-27-21)20-11-15-29(16-12-20)23(31)9-8-22-7-5-17-34-22/h3-7,14,17,19-20H,8-13,15-16,18H2,1-2H3,(H,28,33). The van der Waals surface area contributed by atoms with Crippen LogP contribution in [0.2, 0.25) is 0 Å². The number of rotatable bonds is 9. The Morgan fingerprint density at radius 3 is 2.65 bits per heavy atom. The minimum Gasteiger partial charge on any atom is -0.343 e. The number of amides is 4. The van der Waals surface area contributed by atoms with E-state index in [1.54, 1.807) is 17.5 Å². The highest BCUT2D eigenvalue weighted by Gasteiger charge is 2.55. The first-order valence-corrected chi connectivity index (χ1v) is 13.1. The number of imide groups is 1. The second-order valence-electron chi connectivity index (χ2n) is 9.78. The van der Waals surface area contributed by atoms with Crippen molar-refractivity contribution in [1.29, 1.82) is 0 Å². The van der Waals surface area contributed by atoms with Gasteiger partial charge in [-0.25, -0.2) is 4.79 Å². The van der Waals surface area contributed by atoms with Gasteiger partial charge in [0.15, 0.2) is 0 Å². The van der Waals surface area contributed by atoms with Crippen LogP contribution in [0.3, 0.4) is 0 Å². The number of thiophene rings is 1. The normalized spacial score (nSPS) is 21.4. The highest BCUT2D eigenvalue weighted by molar-refractivity contribution is 7.09. The second-order valence-corrected chi connectivity index (χ2v) is 10.8. The molecule has 4 heterocycles. The molecule has 0 aliphatic carbocycles. The first-order chi connectivity index (χ1) is 16.4. The van der Waals surface area contributed by atoms with Crippen LogP contribution in [0.15, 0.2) is 41.9 Å². The van der Waals surface area contributed by atoms with Gasteiger partial charge in [0.1, 0.15) is 5.54 Å². The molecule has 0 bridgehead atoms. The Morgan fingerprint density at radius 2 is 2.00 bits per heavy atom. The van der Waals surface area contributed by atoms with Crippen molar-refractivity contribution in [3.8, 4) is 0 Å². The molecule has 182 valence electrons. The van der Waals surface area contributed by atoms with Crippen molar-refractivity contribution >= 4 is 29.2 Å². The molecule has 0 aromatic carbocycles. The van der Waals surface area contributed by atoms with Gasteiger partial charge in [-0.2, -0.15) is 0 Å². The summed E-state index contributed by atoms with van der Waals surface area (Å²) in [4.78, 5) is 48.2. The maximum atomic E-state index is 13.7. The Kier molecular flexibility index (Phi) is 7.66. The number of aryl methyl sites for hydroxylation is 1. The van der Waals surface area contributed by atoms with E-state index in [0.29, 0.717) is 50.4 Å². The molecule has 8 heteroatoms. The van der Waals surface area contributed by atoms with Gasteiger partial charge in [-0.15, -0.1) is 11.3 Å². The van der Waals surface area contributed by atoms with E-state index in [-0.39, 0.29) is 30.3 Å². The second kappa shape index (κ2) is 10.7. The molecule has 0 spiro atoms. The Balaban J connectivity index is 1.43. The fraction of sp³-hybridized carbons (Fsp3) is 0.538. The van der Waals surface area contributed by atoms with Crippen LogP contribution in [-0.2, 0) is 22.6 Å². The lowest BCUT2D eigenvalue weighted by molar-refractivity contribution is -0.136. The number of carbonyl (C=O) groups is 3. The van der Waals surface area contributed by atoms with Crippen molar-refractivity contribution in [2.75, 3.05) is 13.1 Å². The summed E-state index contributed by atoms with van der Waals surface area (Å²) >= 11 is 1.68. The Bertz CT molecular complexity index is 987. The SMILES string of the molecule is CC(C)CCC1(C2CCN(C(=O)CCc3cccs3)CC2)NC(=O)N(Cc2ccccn2)C1=O. The van der Waals surface area contributed by atoms with Crippen molar-refractivity contribution in [3.05, 3.63) is 52.5 Å².